The van der Waals surface area contributed by atoms with Crippen LogP contribution >= 0.6 is 0 Å². The number of piperidine rings is 1. The van der Waals surface area contributed by atoms with Crippen LogP contribution in [0.1, 0.15) is 103 Å². The Balaban J connectivity index is 1.43. The minimum Gasteiger partial charge on any atom is -0.497 e. The molecule has 1 aromatic heterocycles. The quantitative estimate of drug-likeness (QED) is 0.274. The zero-order chi connectivity index (χ0) is 24.2. The van der Waals surface area contributed by atoms with E-state index in [-0.39, 0.29) is 0 Å². The van der Waals surface area contributed by atoms with Crippen molar-refractivity contribution >= 4 is 10.9 Å². The monoisotopic (exact) mass is 468 g/mol. The third kappa shape index (κ3) is 7.95. The van der Waals surface area contributed by atoms with Gasteiger partial charge in [-0.15, -0.1) is 0 Å². The number of methoxy groups -OCH3 is 1. The standard InChI is InChI=1S/C30H48N2O2/c1-4-6-7-8-9-10-11-12-20-32-21-18-25(24(5-2)23-32)13-16-30(33)27-17-19-31-29-15-14-26(34-3)22-28(27)29/h14-15,17,19,22,24-25,30,33H,4-13,16,18,20-21,23H2,1-3H3. The molecule has 1 saturated heterocycles. The zero-order valence-electron chi connectivity index (χ0n) is 22.0. The molecule has 3 rings (SSSR count). The Hall–Kier alpha value is -1.65. The molecule has 0 saturated carbocycles. The van der Waals surface area contributed by atoms with Gasteiger partial charge in [0.25, 0.3) is 0 Å². The molecule has 0 bridgehead atoms. The van der Waals surface area contributed by atoms with E-state index in [1.165, 1.54) is 83.8 Å². The summed E-state index contributed by atoms with van der Waals surface area (Å²) < 4.78 is 5.40. The number of unbranched alkanes of at least 4 members (excludes halogenated alkanes) is 7. The van der Waals surface area contributed by atoms with Crippen molar-refractivity contribution in [3.05, 3.63) is 36.0 Å². The predicted octanol–water partition coefficient (Wildman–Crippen LogP) is 7.55. The van der Waals surface area contributed by atoms with E-state index in [0.29, 0.717) is 0 Å². The van der Waals surface area contributed by atoms with Crippen LogP contribution in [0, 0.1) is 11.8 Å². The van der Waals surface area contributed by atoms with E-state index in [0.717, 1.165) is 46.9 Å². The van der Waals surface area contributed by atoms with Crippen LogP contribution < -0.4 is 4.74 Å². The molecule has 4 heteroatoms. The van der Waals surface area contributed by atoms with Crippen LogP contribution in [0.25, 0.3) is 10.9 Å². The molecule has 1 aliphatic heterocycles. The Kier molecular flexibility index (Phi) is 11.6. The van der Waals surface area contributed by atoms with Gasteiger partial charge in [-0.1, -0.05) is 65.2 Å². The molecule has 3 unspecified atom stereocenters. The van der Waals surface area contributed by atoms with Gasteiger partial charge in [0.05, 0.1) is 18.7 Å². The first-order valence-corrected chi connectivity index (χ1v) is 14.0. The molecule has 190 valence electrons. The molecule has 4 nitrogen and oxygen atoms in total. The van der Waals surface area contributed by atoms with Crippen molar-refractivity contribution in [2.45, 2.75) is 97.0 Å². The lowest BCUT2D eigenvalue weighted by molar-refractivity contribution is 0.0903. The van der Waals surface area contributed by atoms with Crippen molar-refractivity contribution in [1.29, 1.82) is 0 Å². The van der Waals surface area contributed by atoms with Crippen molar-refractivity contribution in [2.24, 2.45) is 11.8 Å². The van der Waals surface area contributed by atoms with Crippen LogP contribution in [0.2, 0.25) is 0 Å². The number of benzene rings is 1. The lowest BCUT2D eigenvalue weighted by atomic mass is 9.80. The highest BCUT2D eigenvalue weighted by atomic mass is 16.5. The molecule has 2 aromatic rings. The van der Waals surface area contributed by atoms with Crippen molar-refractivity contribution in [3.63, 3.8) is 0 Å². The topological polar surface area (TPSA) is 45.6 Å². The molecule has 0 radical (unpaired) electrons. The molecule has 1 aromatic carbocycles. The number of aromatic nitrogens is 1. The van der Waals surface area contributed by atoms with Gasteiger partial charge >= 0.3 is 0 Å². The van der Waals surface area contributed by atoms with Crippen molar-refractivity contribution in [2.75, 3.05) is 26.7 Å². The third-order valence-electron chi connectivity index (χ3n) is 7.98. The Bertz CT molecular complexity index is 840. The third-order valence-corrected chi connectivity index (χ3v) is 7.98. The van der Waals surface area contributed by atoms with Gasteiger partial charge in [0.15, 0.2) is 0 Å². The van der Waals surface area contributed by atoms with Crippen LogP contribution in [-0.2, 0) is 0 Å². The summed E-state index contributed by atoms with van der Waals surface area (Å²) in [5, 5.41) is 12.1. The number of rotatable bonds is 15. The zero-order valence-corrected chi connectivity index (χ0v) is 22.0. The number of hydrogen-bond acceptors (Lipinski definition) is 4. The highest BCUT2D eigenvalue weighted by molar-refractivity contribution is 5.83. The fraction of sp³-hybridized carbons (Fsp3) is 0.700. The van der Waals surface area contributed by atoms with Crippen LogP contribution in [0.15, 0.2) is 30.5 Å². The molecule has 1 fully saturated rings. The van der Waals surface area contributed by atoms with E-state index in [9.17, 15) is 5.11 Å². The van der Waals surface area contributed by atoms with Crippen LogP contribution in [0.5, 0.6) is 5.75 Å². The SMILES string of the molecule is CCCCCCCCCCN1CCC(CCC(O)c2ccnc3ccc(OC)cc23)C(CC)C1. The predicted molar refractivity (Wildman–Crippen MR) is 143 cm³/mol. The lowest BCUT2D eigenvalue weighted by Crippen LogP contribution is -2.40. The molecule has 1 N–H and O–H groups in total. The number of pyridine rings is 1. The molecule has 0 spiro atoms. The van der Waals surface area contributed by atoms with Crippen LogP contribution in [0.4, 0.5) is 0 Å². The summed E-state index contributed by atoms with van der Waals surface area (Å²) >= 11 is 0. The summed E-state index contributed by atoms with van der Waals surface area (Å²) in [6.07, 6.45) is 16.9. The Morgan fingerprint density at radius 1 is 1.03 bits per heavy atom. The fourth-order valence-electron chi connectivity index (χ4n) is 5.76. The van der Waals surface area contributed by atoms with Gasteiger partial charge in [0.1, 0.15) is 5.75 Å². The number of likely N-dealkylation sites (tertiary alicyclic amines) is 1. The number of aliphatic hydroxyl groups is 1. The van der Waals surface area contributed by atoms with E-state index in [1.807, 2.05) is 30.5 Å². The number of fused-ring (bicyclic) bond motifs is 1. The molecule has 3 atom stereocenters. The first-order valence-electron chi connectivity index (χ1n) is 14.0. The summed E-state index contributed by atoms with van der Waals surface area (Å²) in [7, 11) is 1.68. The number of nitrogens with zero attached hydrogens (tertiary/aromatic N) is 2. The second-order valence-corrected chi connectivity index (χ2v) is 10.4. The van der Waals surface area contributed by atoms with Crippen LogP contribution in [0.3, 0.4) is 0 Å². The smallest absolute Gasteiger partial charge is 0.119 e. The highest BCUT2D eigenvalue weighted by Crippen LogP contribution is 2.34. The largest absolute Gasteiger partial charge is 0.497 e. The highest BCUT2D eigenvalue weighted by Gasteiger charge is 2.28. The normalized spacial score (nSPS) is 20.0. The Morgan fingerprint density at radius 3 is 2.53 bits per heavy atom. The lowest BCUT2D eigenvalue weighted by Gasteiger charge is -2.39. The van der Waals surface area contributed by atoms with E-state index >= 15 is 0 Å². The Morgan fingerprint density at radius 2 is 1.79 bits per heavy atom. The van der Waals surface area contributed by atoms with Gasteiger partial charge in [-0.3, -0.25) is 4.98 Å². The first kappa shape index (κ1) is 26.9. The van der Waals surface area contributed by atoms with Gasteiger partial charge in [-0.05, 0) is 80.4 Å². The van der Waals surface area contributed by atoms with E-state index in [2.05, 4.69) is 23.7 Å². The average Bonchev–Trinajstić information content (AvgIpc) is 2.88. The molecular formula is C30H48N2O2. The minimum atomic E-state index is -0.453. The second-order valence-electron chi connectivity index (χ2n) is 10.4. The summed E-state index contributed by atoms with van der Waals surface area (Å²) in [5.41, 5.74) is 1.89. The van der Waals surface area contributed by atoms with Crippen LogP contribution in [-0.4, -0.2) is 41.7 Å². The van der Waals surface area contributed by atoms with Crippen molar-refractivity contribution in [1.82, 2.24) is 9.88 Å². The van der Waals surface area contributed by atoms with E-state index < -0.39 is 6.10 Å². The molecule has 2 heterocycles. The van der Waals surface area contributed by atoms with Crippen molar-refractivity contribution in [3.8, 4) is 5.75 Å². The Labute approximate surface area is 208 Å². The maximum Gasteiger partial charge on any atom is 0.119 e. The number of ether oxygens (including phenoxy) is 1. The fourth-order valence-corrected chi connectivity index (χ4v) is 5.76. The van der Waals surface area contributed by atoms with Gasteiger partial charge in [-0.2, -0.15) is 0 Å². The summed E-state index contributed by atoms with van der Waals surface area (Å²) in [6, 6.07) is 7.87. The summed E-state index contributed by atoms with van der Waals surface area (Å²) in [4.78, 5) is 7.17. The van der Waals surface area contributed by atoms with Crippen molar-refractivity contribution < 1.29 is 9.84 Å². The van der Waals surface area contributed by atoms with E-state index in [1.54, 1.807) is 7.11 Å². The average molecular weight is 469 g/mol. The molecule has 0 aliphatic carbocycles. The van der Waals surface area contributed by atoms with Gasteiger partial charge in [-0.25, -0.2) is 0 Å². The van der Waals surface area contributed by atoms with E-state index in [4.69, 9.17) is 4.74 Å². The van der Waals surface area contributed by atoms with Gasteiger partial charge < -0.3 is 14.7 Å². The van der Waals surface area contributed by atoms with Gasteiger partial charge in [0, 0.05) is 18.1 Å². The van der Waals surface area contributed by atoms with Gasteiger partial charge in [0.2, 0.25) is 0 Å². The molecule has 34 heavy (non-hydrogen) atoms. The molecule has 0 amide bonds. The second kappa shape index (κ2) is 14.7. The number of aliphatic hydroxyl groups excluding tert-OH is 1. The molecule has 1 aliphatic rings. The first-order chi connectivity index (χ1) is 16.7. The molecular weight excluding hydrogens is 420 g/mol. The summed E-state index contributed by atoms with van der Waals surface area (Å²) in [6.45, 7) is 8.36. The summed E-state index contributed by atoms with van der Waals surface area (Å²) in [5.74, 6) is 2.28. The maximum absolute atomic E-state index is 11.1. The maximum atomic E-state index is 11.1. The number of hydrogen-bond donors (Lipinski definition) is 1. The minimum absolute atomic E-state index is 0.453.